The van der Waals surface area contributed by atoms with E-state index >= 15 is 0 Å². The number of benzene rings is 1. The van der Waals surface area contributed by atoms with Crippen molar-refractivity contribution in [2.45, 2.75) is 203 Å². The maximum Gasteiger partial charge on any atom is 0.331 e. The normalized spacial score (nSPS) is 47.1. The van der Waals surface area contributed by atoms with Gasteiger partial charge in [-0.2, -0.15) is 0 Å². The topological polar surface area (TPSA) is 187 Å². The van der Waals surface area contributed by atoms with Crippen molar-refractivity contribution in [3.05, 3.63) is 53.6 Å². The van der Waals surface area contributed by atoms with E-state index in [2.05, 4.69) is 13.0 Å². The standard InChI is InChI=1S/C51H74O15/c1-28(52)35-19-22-51(56)49(35,6)40(64-41(53)16-15-32-13-11-10-12-14-32)27-39-48(5)20-18-34(23-33(48)17-21-50(39,51)55)63-42-25-37(58-8)46(30(3)61-42)66-44-26-38(59-9)47(31(4)62-44)65-43-24-36(57-7)45(54)29(2)60-43/h10-17,29-31,34-40,42-47,54-56H,18-27H2,1-9H3/b16-15+/t29-,30-,31-,34+,35+,36-,37+,38+,39-,40-,42+,43+,44+,45-,46-,47-,48+,49+,50+,51-/m1/s1. The Hall–Kier alpha value is -2.64. The number of hydrogen-bond acceptors (Lipinski definition) is 15. The maximum atomic E-state index is 13.5. The molecule has 3 saturated heterocycles. The van der Waals surface area contributed by atoms with E-state index in [0.717, 1.165) is 11.1 Å². The van der Waals surface area contributed by atoms with Gasteiger partial charge in [0.25, 0.3) is 0 Å². The van der Waals surface area contributed by atoms with Crippen molar-refractivity contribution in [1.82, 2.24) is 0 Å². The van der Waals surface area contributed by atoms with Gasteiger partial charge in [-0.1, -0.05) is 55.8 Å². The van der Waals surface area contributed by atoms with E-state index < -0.39 is 108 Å². The molecular formula is C51H74O15. The highest BCUT2D eigenvalue weighted by Gasteiger charge is 2.77. The lowest BCUT2D eigenvalue weighted by Gasteiger charge is -2.66. The summed E-state index contributed by atoms with van der Waals surface area (Å²) < 4.78 is 62.3. The van der Waals surface area contributed by atoms with E-state index in [0.29, 0.717) is 51.4 Å². The number of ketones is 1. The lowest BCUT2D eigenvalue weighted by atomic mass is 9.43. The van der Waals surface area contributed by atoms with Crippen molar-refractivity contribution in [2.24, 2.45) is 22.7 Å². The molecule has 20 atom stereocenters. The Morgan fingerprint density at radius 2 is 1.33 bits per heavy atom. The van der Waals surface area contributed by atoms with Crippen LogP contribution in [0.1, 0.15) is 111 Å². The van der Waals surface area contributed by atoms with Crippen LogP contribution in [0.2, 0.25) is 0 Å². The number of aliphatic hydroxyl groups is 3. The minimum atomic E-state index is -1.67. The molecule has 3 aliphatic heterocycles. The van der Waals surface area contributed by atoms with Crippen molar-refractivity contribution in [2.75, 3.05) is 21.3 Å². The molecule has 7 aliphatic rings. The van der Waals surface area contributed by atoms with Crippen LogP contribution in [0.4, 0.5) is 0 Å². The van der Waals surface area contributed by atoms with Crippen molar-refractivity contribution < 1.29 is 72.3 Å². The van der Waals surface area contributed by atoms with Gasteiger partial charge in [0, 0.05) is 63.9 Å². The highest BCUT2D eigenvalue weighted by atomic mass is 16.7. The van der Waals surface area contributed by atoms with Crippen LogP contribution in [-0.2, 0) is 57.0 Å². The van der Waals surface area contributed by atoms with Crippen LogP contribution in [0.3, 0.4) is 0 Å². The number of hydrogen-bond donors (Lipinski definition) is 3. The number of rotatable bonds is 13. The fraction of sp³-hybridized carbons (Fsp3) is 0.765. The second kappa shape index (κ2) is 19.6. The lowest BCUT2D eigenvalue weighted by Crippen LogP contribution is -2.75. The molecule has 3 saturated carbocycles. The van der Waals surface area contributed by atoms with Gasteiger partial charge in [0.2, 0.25) is 0 Å². The molecular weight excluding hydrogens is 853 g/mol. The second-order valence-electron chi connectivity index (χ2n) is 20.6. The first-order valence-electron chi connectivity index (χ1n) is 24.2. The van der Waals surface area contributed by atoms with Crippen LogP contribution in [0, 0.1) is 22.7 Å². The number of ether oxygens (including phenoxy) is 10. The minimum absolute atomic E-state index is 0.0827. The third-order valence-corrected chi connectivity index (χ3v) is 17.1. The number of carbonyl (C=O) groups is 2. The summed E-state index contributed by atoms with van der Waals surface area (Å²) in [4.78, 5) is 26.8. The SMILES string of the molecule is CO[C@H]1C[C@H](O[C@H]2CC[C@@]3(C)C(=CC[C@]4(O)[C@@H]3C[C@@H](OC(=O)/C=C/c3ccccc3)[C@]3(C)[C@H](C(C)=O)CC[C@@]34O)C2)O[C@H](C)[C@H]1O[C@H]1C[C@H](OC)[C@H](O[C@H]2C[C@@H](OC)[C@H](O)[C@@H](C)O2)[C@@H](C)O1. The monoisotopic (exact) mass is 927 g/mol. The zero-order chi connectivity index (χ0) is 47.3. The average Bonchev–Trinajstić information content (AvgIpc) is 3.59. The fourth-order valence-corrected chi connectivity index (χ4v) is 13.4. The summed E-state index contributed by atoms with van der Waals surface area (Å²) in [5.74, 6) is -1.66. The van der Waals surface area contributed by atoms with E-state index in [1.165, 1.54) is 13.0 Å². The van der Waals surface area contributed by atoms with Gasteiger partial charge in [-0.3, -0.25) is 4.79 Å². The molecule has 3 N–H and O–H groups in total. The van der Waals surface area contributed by atoms with Gasteiger partial charge in [0.1, 0.15) is 41.4 Å². The Balaban J connectivity index is 0.911. The van der Waals surface area contributed by atoms with Crippen molar-refractivity contribution in [3.8, 4) is 0 Å². The molecule has 66 heavy (non-hydrogen) atoms. The summed E-state index contributed by atoms with van der Waals surface area (Å²) in [6.45, 7) is 11.2. The van der Waals surface area contributed by atoms with Crippen LogP contribution in [0.5, 0.6) is 0 Å². The number of methoxy groups -OCH3 is 3. The molecule has 0 radical (unpaired) electrons. The highest BCUT2D eigenvalue weighted by Crippen LogP contribution is 2.70. The zero-order valence-corrected chi connectivity index (χ0v) is 40.2. The Bertz CT molecular complexity index is 1930. The van der Waals surface area contributed by atoms with Crippen LogP contribution < -0.4 is 0 Å². The van der Waals surface area contributed by atoms with Gasteiger partial charge in [0.05, 0.1) is 42.7 Å². The molecule has 1 aromatic carbocycles. The molecule has 4 aliphatic carbocycles. The number of Topliss-reactive ketones (excluding diaryl/α,β-unsaturated/α-hetero) is 1. The summed E-state index contributed by atoms with van der Waals surface area (Å²) in [6, 6.07) is 9.47. The Morgan fingerprint density at radius 3 is 1.92 bits per heavy atom. The number of esters is 1. The Morgan fingerprint density at radius 1 is 0.758 bits per heavy atom. The van der Waals surface area contributed by atoms with Crippen molar-refractivity contribution >= 4 is 17.8 Å². The van der Waals surface area contributed by atoms with Gasteiger partial charge >= 0.3 is 5.97 Å². The predicted octanol–water partition coefficient (Wildman–Crippen LogP) is 5.59. The van der Waals surface area contributed by atoms with Gasteiger partial charge in [-0.25, -0.2) is 4.79 Å². The number of carbonyl (C=O) groups excluding carboxylic acids is 2. The fourth-order valence-electron chi connectivity index (χ4n) is 13.4. The molecule has 3 heterocycles. The third kappa shape index (κ3) is 8.91. The highest BCUT2D eigenvalue weighted by molar-refractivity contribution is 5.87. The van der Waals surface area contributed by atoms with Gasteiger partial charge in [0.15, 0.2) is 18.9 Å². The molecule has 6 fully saturated rings. The minimum Gasteiger partial charge on any atom is -0.458 e. The first kappa shape index (κ1) is 49.8. The van der Waals surface area contributed by atoms with Crippen LogP contribution in [0.15, 0.2) is 48.1 Å². The van der Waals surface area contributed by atoms with Gasteiger partial charge in [-0.05, 0) is 89.7 Å². The molecule has 0 aromatic heterocycles. The van der Waals surface area contributed by atoms with E-state index in [4.69, 9.17) is 47.4 Å². The summed E-state index contributed by atoms with van der Waals surface area (Å²) in [5, 5.41) is 36.3. The molecule has 1 aromatic rings. The maximum absolute atomic E-state index is 13.5. The largest absolute Gasteiger partial charge is 0.458 e. The van der Waals surface area contributed by atoms with E-state index in [1.54, 1.807) is 34.3 Å². The van der Waals surface area contributed by atoms with E-state index in [9.17, 15) is 24.9 Å². The van der Waals surface area contributed by atoms with Gasteiger partial charge in [-0.15, -0.1) is 0 Å². The average molecular weight is 927 g/mol. The summed E-state index contributed by atoms with van der Waals surface area (Å²) in [7, 11) is 4.87. The first-order chi connectivity index (χ1) is 31.4. The molecule has 8 rings (SSSR count). The van der Waals surface area contributed by atoms with Gasteiger partial charge < -0.3 is 62.7 Å². The molecule has 368 valence electrons. The molecule has 0 unspecified atom stereocenters. The van der Waals surface area contributed by atoms with Crippen LogP contribution in [-0.4, -0.2) is 146 Å². The zero-order valence-electron chi connectivity index (χ0n) is 40.2. The van der Waals surface area contributed by atoms with Crippen molar-refractivity contribution in [1.29, 1.82) is 0 Å². The smallest absolute Gasteiger partial charge is 0.331 e. The lowest BCUT2D eigenvalue weighted by molar-refractivity contribution is -0.338. The Labute approximate surface area is 389 Å². The summed E-state index contributed by atoms with van der Waals surface area (Å²) in [6.07, 6.45) is 2.69. The Kier molecular flexibility index (Phi) is 14.8. The predicted molar refractivity (Wildman–Crippen MR) is 239 cm³/mol. The molecule has 15 nitrogen and oxygen atoms in total. The molecule has 15 heteroatoms. The van der Waals surface area contributed by atoms with E-state index in [1.807, 2.05) is 51.1 Å². The van der Waals surface area contributed by atoms with Crippen molar-refractivity contribution in [3.63, 3.8) is 0 Å². The number of aliphatic hydroxyl groups excluding tert-OH is 1. The third-order valence-electron chi connectivity index (χ3n) is 17.1. The second-order valence-corrected chi connectivity index (χ2v) is 20.6. The van der Waals surface area contributed by atoms with Crippen LogP contribution in [0.25, 0.3) is 6.08 Å². The number of fused-ring (bicyclic) bond motifs is 5. The summed E-state index contributed by atoms with van der Waals surface area (Å²) >= 11 is 0. The summed E-state index contributed by atoms with van der Waals surface area (Å²) in [5.41, 5.74) is -2.95. The van der Waals surface area contributed by atoms with E-state index in [-0.39, 0.29) is 36.9 Å². The quantitative estimate of drug-likeness (QED) is 0.126. The molecule has 0 spiro atoms. The first-order valence-corrected chi connectivity index (χ1v) is 24.2. The molecule has 0 amide bonds. The van der Waals surface area contributed by atoms with Crippen LogP contribution >= 0.6 is 0 Å². The molecule has 0 bridgehead atoms.